The number of aromatic nitrogens is 2. The first-order valence-electron chi connectivity index (χ1n) is 8.59. The second-order valence-electron chi connectivity index (χ2n) is 6.24. The van der Waals surface area contributed by atoms with Gasteiger partial charge < -0.3 is 10.6 Å². The molecule has 1 aromatic carbocycles. The van der Waals surface area contributed by atoms with Crippen LogP contribution in [0, 0.1) is 13.8 Å². The minimum atomic E-state index is -0.168. The van der Waals surface area contributed by atoms with E-state index in [9.17, 15) is 4.79 Å². The third kappa shape index (κ3) is 4.89. The molecule has 0 spiro atoms. The minimum Gasteiger partial charge on any atom is -0.370 e. The van der Waals surface area contributed by atoms with E-state index >= 15 is 0 Å². The van der Waals surface area contributed by atoms with Crippen molar-refractivity contribution in [3.05, 3.63) is 83.3 Å². The van der Waals surface area contributed by atoms with Crippen LogP contribution in [-0.2, 0) is 6.42 Å². The smallest absolute Gasteiger partial charge is 0.257 e. The topological polar surface area (TPSA) is 66.9 Å². The van der Waals surface area contributed by atoms with E-state index in [0.29, 0.717) is 5.56 Å². The summed E-state index contributed by atoms with van der Waals surface area (Å²) in [6.07, 6.45) is 4.34. The van der Waals surface area contributed by atoms with Crippen LogP contribution in [0.3, 0.4) is 0 Å². The fourth-order valence-electron chi connectivity index (χ4n) is 2.45. The Morgan fingerprint density at radius 1 is 0.923 bits per heavy atom. The van der Waals surface area contributed by atoms with E-state index in [-0.39, 0.29) is 5.91 Å². The van der Waals surface area contributed by atoms with Crippen LogP contribution in [0.15, 0.2) is 60.9 Å². The van der Waals surface area contributed by atoms with Crippen molar-refractivity contribution in [1.82, 2.24) is 9.97 Å². The van der Waals surface area contributed by atoms with Gasteiger partial charge in [0, 0.05) is 30.3 Å². The quantitative estimate of drug-likeness (QED) is 0.708. The maximum atomic E-state index is 12.3. The number of rotatable bonds is 6. The third-order valence-corrected chi connectivity index (χ3v) is 4.03. The van der Waals surface area contributed by atoms with E-state index in [2.05, 4.69) is 26.7 Å². The van der Waals surface area contributed by atoms with Crippen molar-refractivity contribution in [3.8, 4) is 0 Å². The average molecular weight is 346 g/mol. The molecule has 26 heavy (non-hydrogen) atoms. The molecule has 1 amide bonds. The molecule has 132 valence electrons. The summed E-state index contributed by atoms with van der Waals surface area (Å²) in [7, 11) is 0. The van der Waals surface area contributed by atoms with Crippen molar-refractivity contribution in [3.63, 3.8) is 0 Å². The molecule has 0 aliphatic carbocycles. The molecule has 2 heterocycles. The highest BCUT2D eigenvalue weighted by Gasteiger charge is 2.06. The van der Waals surface area contributed by atoms with E-state index < -0.39 is 0 Å². The van der Waals surface area contributed by atoms with E-state index in [1.165, 1.54) is 5.56 Å². The molecular formula is C21H22N4O. The van der Waals surface area contributed by atoms with E-state index in [4.69, 9.17) is 0 Å². The summed E-state index contributed by atoms with van der Waals surface area (Å²) in [5.41, 5.74) is 4.65. The van der Waals surface area contributed by atoms with Crippen molar-refractivity contribution >= 4 is 17.4 Å². The molecule has 3 rings (SSSR count). The van der Waals surface area contributed by atoms with Crippen molar-refractivity contribution in [2.24, 2.45) is 0 Å². The zero-order chi connectivity index (χ0) is 18.4. The summed E-state index contributed by atoms with van der Waals surface area (Å²) in [5.74, 6) is 0.579. The molecular weight excluding hydrogens is 324 g/mol. The number of carbonyl (C=O) groups is 1. The number of pyridine rings is 2. The van der Waals surface area contributed by atoms with E-state index in [1.807, 2.05) is 56.4 Å². The van der Waals surface area contributed by atoms with Gasteiger partial charge in [-0.15, -0.1) is 0 Å². The highest BCUT2D eigenvalue weighted by molar-refractivity contribution is 6.04. The first-order valence-corrected chi connectivity index (χ1v) is 8.59. The predicted molar refractivity (Wildman–Crippen MR) is 105 cm³/mol. The lowest BCUT2D eigenvalue weighted by atomic mass is 10.2. The summed E-state index contributed by atoms with van der Waals surface area (Å²) < 4.78 is 0. The number of hydrogen-bond donors (Lipinski definition) is 2. The highest BCUT2D eigenvalue weighted by Crippen LogP contribution is 2.12. The fraction of sp³-hybridized carbons (Fsp3) is 0.190. The van der Waals surface area contributed by atoms with Crippen molar-refractivity contribution < 1.29 is 4.79 Å². The first-order chi connectivity index (χ1) is 12.6. The Balaban J connectivity index is 1.51. The monoisotopic (exact) mass is 346 g/mol. The van der Waals surface area contributed by atoms with Crippen LogP contribution < -0.4 is 10.6 Å². The van der Waals surface area contributed by atoms with Crippen LogP contribution in [-0.4, -0.2) is 22.4 Å². The Morgan fingerprint density at radius 3 is 2.38 bits per heavy atom. The summed E-state index contributed by atoms with van der Waals surface area (Å²) in [6.45, 7) is 4.74. The SMILES string of the molecule is Cc1ccc(NC(=O)c2ccc(NCCc3ccc(C)nc3)nc2)cc1. The molecule has 0 radical (unpaired) electrons. The number of benzene rings is 1. The summed E-state index contributed by atoms with van der Waals surface area (Å²) in [5, 5.41) is 6.13. The van der Waals surface area contributed by atoms with E-state index in [1.54, 1.807) is 12.3 Å². The normalized spacial score (nSPS) is 10.4. The number of nitrogens with one attached hydrogen (secondary N) is 2. The first kappa shape index (κ1) is 17.6. The van der Waals surface area contributed by atoms with Crippen LogP contribution in [0.2, 0.25) is 0 Å². The molecule has 2 N–H and O–H groups in total. The van der Waals surface area contributed by atoms with Crippen LogP contribution in [0.5, 0.6) is 0 Å². The maximum absolute atomic E-state index is 12.3. The lowest BCUT2D eigenvalue weighted by Gasteiger charge is -2.08. The number of aryl methyl sites for hydroxylation is 2. The number of amides is 1. The average Bonchev–Trinajstić information content (AvgIpc) is 2.66. The lowest BCUT2D eigenvalue weighted by molar-refractivity contribution is 0.102. The molecule has 0 aliphatic heterocycles. The number of hydrogen-bond acceptors (Lipinski definition) is 4. The van der Waals surface area contributed by atoms with Crippen molar-refractivity contribution in [2.45, 2.75) is 20.3 Å². The molecule has 0 atom stereocenters. The predicted octanol–water partition coefficient (Wildman–Crippen LogP) is 4.00. The van der Waals surface area contributed by atoms with Gasteiger partial charge in [-0.25, -0.2) is 4.98 Å². The van der Waals surface area contributed by atoms with Gasteiger partial charge in [0.2, 0.25) is 0 Å². The van der Waals surface area contributed by atoms with Crippen molar-refractivity contribution in [2.75, 3.05) is 17.2 Å². The number of anilines is 2. The Labute approximate surface area is 153 Å². The zero-order valence-electron chi connectivity index (χ0n) is 15.0. The summed E-state index contributed by atoms with van der Waals surface area (Å²) >= 11 is 0. The molecule has 0 fully saturated rings. The molecule has 3 aromatic rings. The Hall–Kier alpha value is -3.21. The molecule has 0 saturated heterocycles. The van der Waals surface area contributed by atoms with Gasteiger partial charge in [-0.3, -0.25) is 9.78 Å². The third-order valence-electron chi connectivity index (χ3n) is 4.03. The lowest BCUT2D eigenvalue weighted by Crippen LogP contribution is -2.13. The van der Waals surface area contributed by atoms with Crippen LogP contribution >= 0.6 is 0 Å². The van der Waals surface area contributed by atoms with Crippen molar-refractivity contribution in [1.29, 1.82) is 0 Å². The van der Waals surface area contributed by atoms with Gasteiger partial charge in [0.1, 0.15) is 5.82 Å². The molecule has 5 nitrogen and oxygen atoms in total. The zero-order valence-corrected chi connectivity index (χ0v) is 15.0. The Morgan fingerprint density at radius 2 is 1.73 bits per heavy atom. The molecule has 0 saturated carbocycles. The molecule has 5 heteroatoms. The highest BCUT2D eigenvalue weighted by atomic mass is 16.1. The minimum absolute atomic E-state index is 0.168. The number of nitrogens with zero attached hydrogens (tertiary/aromatic N) is 2. The molecule has 0 unspecified atom stereocenters. The van der Waals surface area contributed by atoms with Gasteiger partial charge in [-0.1, -0.05) is 23.8 Å². The summed E-state index contributed by atoms with van der Waals surface area (Å²) in [6, 6.07) is 15.4. The Kier molecular flexibility index (Phi) is 5.59. The van der Waals surface area contributed by atoms with Gasteiger partial charge >= 0.3 is 0 Å². The van der Waals surface area contributed by atoms with Gasteiger partial charge in [0.15, 0.2) is 0 Å². The van der Waals surface area contributed by atoms with Gasteiger partial charge in [0.05, 0.1) is 5.56 Å². The standard InChI is InChI=1S/C21H22N4O/c1-15-3-8-19(9-4-15)25-21(26)18-7-10-20(24-14-18)22-12-11-17-6-5-16(2)23-13-17/h3-10,13-14H,11-12H2,1-2H3,(H,22,24)(H,25,26). The maximum Gasteiger partial charge on any atom is 0.257 e. The van der Waals surface area contributed by atoms with Gasteiger partial charge in [-0.2, -0.15) is 0 Å². The summed E-state index contributed by atoms with van der Waals surface area (Å²) in [4.78, 5) is 20.9. The molecule has 2 aromatic heterocycles. The second-order valence-corrected chi connectivity index (χ2v) is 6.24. The van der Waals surface area contributed by atoms with Crippen LogP contribution in [0.4, 0.5) is 11.5 Å². The molecule has 0 aliphatic rings. The Bertz CT molecular complexity index is 856. The molecule has 0 bridgehead atoms. The van der Waals surface area contributed by atoms with Gasteiger partial charge in [-0.05, 0) is 56.2 Å². The number of carbonyl (C=O) groups excluding carboxylic acids is 1. The van der Waals surface area contributed by atoms with Crippen LogP contribution in [0.1, 0.15) is 27.2 Å². The van der Waals surface area contributed by atoms with Gasteiger partial charge in [0.25, 0.3) is 5.91 Å². The largest absolute Gasteiger partial charge is 0.370 e. The fourth-order valence-corrected chi connectivity index (χ4v) is 2.45. The van der Waals surface area contributed by atoms with Crippen LogP contribution in [0.25, 0.3) is 0 Å². The van der Waals surface area contributed by atoms with E-state index in [0.717, 1.165) is 35.7 Å². The second kappa shape index (κ2) is 8.25.